The molecule has 0 aromatic heterocycles. The van der Waals surface area contributed by atoms with Gasteiger partial charge in [0.1, 0.15) is 0 Å². The Morgan fingerprint density at radius 2 is 2.56 bits per heavy atom. The lowest BCUT2D eigenvalue weighted by molar-refractivity contribution is 0.0218. The van der Waals surface area contributed by atoms with Crippen molar-refractivity contribution in [1.29, 1.82) is 0 Å². The second-order valence-corrected chi connectivity index (χ2v) is 2.50. The van der Waals surface area contributed by atoms with Gasteiger partial charge < -0.3 is 9.84 Å². The Hall–Kier alpha value is -0.340. The van der Waals surface area contributed by atoms with Crippen molar-refractivity contribution in [1.82, 2.24) is 0 Å². The molecule has 1 aliphatic heterocycles. The first-order valence-electron chi connectivity index (χ1n) is 3.19. The summed E-state index contributed by atoms with van der Waals surface area (Å²) in [4.78, 5) is 0. The zero-order valence-corrected chi connectivity index (χ0v) is 5.63. The van der Waals surface area contributed by atoms with E-state index in [1.54, 1.807) is 0 Å². The molecule has 1 rings (SSSR count). The summed E-state index contributed by atoms with van der Waals surface area (Å²) >= 11 is 0. The summed E-state index contributed by atoms with van der Waals surface area (Å²) in [6.45, 7) is 2.87. The van der Waals surface area contributed by atoms with Crippen LogP contribution in [0.5, 0.6) is 0 Å². The van der Waals surface area contributed by atoms with E-state index in [9.17, 15) is 0 Å². The molecule has 1 N–H and O–H groups in total. The van der Waals surface area contributed by atoms with Crippen molar-refractivity contribution in [2.24, 2.45) is 0 Å². The van der Waals surface area contributed by atoms with Gasteiger partial charge in [0.25, 0.3) is 0 Å². The molecule has 1 heterocycles. The van der Waals surface area contributed by atoms with Crippen LogP contribution >= 0.6 is 0 Å². The number of rotatable bonds is 2. The van der Waals surface area contributed by atoms with Gasteiger partial charge in [-0.1, -0.05) is 12.2 Å². The fraction of sp³-hybridized carbons (Fsp3) is 0.714. The monoisotopic (exact) mass is 128 g/mol. The number of hydrogen-bond donors (Lipinski definition) is 1. The van der Waals surface area contributed by atoms with E-state index < -0.39 is 0 Å². The summed E-state index contributed by atoms with van der Waals surface area (Å²) in [5.74, 6) is 0. The second-order valence-electron chi connectivity index (χ2n) is 2.50. The maximum atomic E-state index is 8.58. The number of aliphatic hydroxyl groups is 1. The SMILES string of the molecule is CC1(CCO)C=CCO1. The zero-order valence-electron chi connectivity index (χ0n) is 5.63. The van der Waals surface area contributed by atoms with Gasteiger partial charge in [-0.3, -0.25) is 0 Å². The first-order chi connectivity index (χ1) is 4.27. The van der Waals surface area contributed by atoms with E-state index in [2.05, 4.69) is 0 Å². The van der Waals surface area contributed by atoms with Gasteiger partial charge in [0.15, 0.2) is 0 Å². The molecule has 0 aromatic rings. The Labute approximate surface area is 55.1 Å². The summed E-state index contributed by atoms with van der Waals surface area (Å²) < 4.78 is 5.31. The van der Waals surface area contributed by atoms with Crippen LogP contribution in [0, 0.1) is 0 Å². The Bertz CT molecular complexity index is 120. The number of hydrogen-bond acceptors (Lipinski definition) is 2. The standard InChI is InChI=1S/C7H12O2/c1-7(4-5-8)3-2-6-9-7/h2-3,8H,4-6H2,1H3. The molecule has 0 spiro atoms. The minimum Gasteiger partial charge on any atom is -0.396 e. The molecule has 0 saturated heterocycles. The first-order valence-corrected chi connectivity index (χ1v) is 3.19. The highest BCUT2D eigenvalue weighted by Crippen LogP contribution is 2.21. The van der Waals surface area contributed by atoms with Crippen LogP contribution in [0.1, 0.15) is 13.3 Å². The van der Waals surface area contributed by atoms with E-state index in [-0.39, 0.29) is 12.2 Å². The Morgan fingerprint density at radius 3 is 3.00 bits per heavy atom. The number of aliphatic hydroxyl groups excluding tert-OH is 1. The van der Waals surface area contributed by atoms with Gasteiger partial charge in [0.05, 0.1) is 12.2 Å². The molecule has 52 valence electrons. The van der Waals surface area contributed by atoms with Gasteiger partial charge in [0.2, 0.25) is 0 Å². The van der Waals surface area contributed by atoms with Crippen molar-refractivity contribution >= 4 is 0 Å². The molecule has 2 heteroatoms. The Balaban J connectivity index is 2.42. The third-order valence-corrected chi connectivity index (χ3v) is 1.59. The van der Waals surface area contributed by atoms with Gasteiger partial charge in [0, 0.05) is 13.0 Å². The summed E-state index contributed by atoms with van der Waals surface area (Å²) in [7, 11) is 0. The van der Waals surface area contributed by atoms with Crippen molar-refractivity contribution in [3.63, 3.8) is 0 Å². The number of ether oxygens (including phenoxy) is 1. The summed E-state index contributed by atoms with van der Waals surface area (Å²) in [5.41, 5.74) is -0.186. The van der Waals surface area contributed by atoms with Crippen LogP contribution in [0.15, 0.2) is 12.2 Å². The van der Waals surface area contributed by atoms with E-state index >= 15 is 0 Å². The molecule has 0 aliphatic carbocycles. The van der Waals surface area contributed by atoms with Crippen molar-refractivity contribution in [2.45, 2.75) is 18.9 Å². The van der Waals surface area contributed by atoms with Crippen LogP contribution in [0.3, 0.4) is 0 Å². The van der Waals surface area contributed by atoms with Crippen molar-refractivity contribution in [2.75, 3.05) is 13.2 Å². The maximum Gasteiger partial charge on any atom is 0.0861 e. The summed E-state index contributed by atoms with van der Waals surface area (Å²) in [6, 6.07) is 0. The molecule has 0 radical (unpaired) electrons. The van der Waals surface area contributed by atoms with Crippen LogP contribution in [0.2, 0.25) is 0 Å². The molecule has 0 bridgehead atoms. The quantitative estimate of drug-likeness (QED) is 0.555. The Morgan fingerprint density at radius 1 is 1.78 bits per heavy atom. The Kier molecular flexibility index (Phi) is 1.88. The molecule has 1 atom stereocenters. The fourth-order valence-corrected chi connectivity index (χ4v) is 0.962. The third-order valence-electron chi connectivity index (χ3n) is 1.59. The topological polar surface area (TPSA) is 29.5 Å². The lowest BCUT2D eigenvalue weighted by Crippen LogP contribution is -2.23. The zero-order chi connectivity index (χ0) is 6.74. The van der Waals surface area contributed by atoms with Crippen LogP contribution in [-0.4, -0.2) is 23.9 Å². The lowest BCUT2D eigenvalue weighted by Gasteiger charge is -2.19. The van der Waals surface area contributed by atoms with E-state index in [0.717, 1.165) is 0 Å². The molecule has 1 aliphatic rings. The van der Waals surface area contributed by atoms with E-state index in [1.165, 1.54) is 0 Å². The molecular formula is C7H12O2. The van der Waals surface area contributed by atoms with Gasteiger partial charge in [-0.25, -0.2) is 0 Å². The van der Waals surface area contributed by atoms with Crippen LogP contribution < -0.4 is 0 Å². The van der Waals surface area contributed by atoms with E-state index in [1.807, 2.05) is 19.1 Å². The minimum atomic E-state index is -0.186. The van der Waals surface area contributed by atoms with E-state index in [0.29, 0.717) is 13.0 Å². The van der Waals surface area contributed by atoms with Crippen LogP contribution in [-0.2, 0) is 4.74 Å². The second kappa shape index (κ2) is 2.50. The highest BCUT2D eigenvalue weighted by atomic mass is 16.5. The molecule has 0 aromatic carbocycles. The highest BCUT2D eigenvalue weighted by molar-refractivity contribution is 5.04. The van der Waals surface area contributed by atoms with Crippen molar-refractivity contribution in [3.8, 4) is 0 Å². The van der Waals surface area contributed by atoms with E-state index in [4.69, 9.17) is 9.84 Å². The molecule has 0 fully saturated rings. The predicted octanol–water partition coefficient (Wildman–Crippen LogP) is 0.714. The normalized spacial score (nSPS) is 33.6. The molecule has 2 nitrogen and oxygen atoms in total. The van der Waals surface area contributed by atoms with Gasteiger partial charge in [-0.15, -0.1) is 0 Å². The molecule has 0 amide bonds. The smallest absolute Gasteiger partial charge is 0.0861 e. The van der Waals surface area contributed by atoms with Gasteiger partial charge in [-0.2, -0.15) is 0 Å². The molecule has 1 unspecified atom stereocenters. The highest BCUT2D eigenvalue weighted by Gasteiger charge is 2.23. The van der Waals surface area contributed by atoms with Gasteiger partial charge in [-0.05, 0) is 6.92 Å². The predicted molar refractivity (Wildman–Crippen MR) is 35.2 cm³/mol. The first kappa shape index (κ1) is 6.78. The third kappa shape index (κ3) is 1.53. The minimum absolute atomic E-state index is 0.186. The lowest BCUT2D eigenvalue weighted by atomic mass is 10.0. The van der Waals surface area contributed by atoms with Crippen molar-refractivity contribution < 1.29 is 9.84 Å². The van der Waals surface area contributed by atoms with Gasteiger partial charge >= 0.3 is 0 Å². The summed E-state index contributed by atoms with van der Waals surface area (Å²) in [5, 5.41) is 8.58. The molecule has 0 saturated carbocycles. The van der Waals surface area contributed by atoms with Crippen LogP contribution in [0.25, 0.3) is 0 Å². The van der Waals surface area contributed by atoms with Crippen LogP contribution in [0.4, 0.5) is 0 Å². The largest absolute Gasteiger partial charge is 0.396 e. The fourth-order valence-electron chi connectivity index (χ4n) is 0.962. The summed E-state index contributed by atoms with van der Waals surface area (Å²) in [6.07, 6.45) is 4.68. The average Bonchev–Trinajstić information content (AvgIpc) is 2.16. The molecule has 9 heavy (non-hydrogen) atoms. The molecular weight excluding hydrogens is 116 g/mol. The maximum absolute atomic E-state index is 8.58. The van der Waals surface area contributed by atoms with Crippen molar-refractivity contribution in [3.05, 3.63) is 12.2 Å². The average molecular weight is 128 g/mol.